The second-order valence-electron chi connectivity index (χ2n) is 4.52. The van der Waals surface area contributed by atoms with Gasteiger partial charge in [0.2, 0.25) is 0 Å². The van der Waals surface area contributed by atoms with Gasteiger partial charge < -0.3 is 0 Å². The van der Waals surface area contributed by atoms with E-state index in [1.54, 1.807) is 0 Å². The van der Waals surface area contributed by atoms with Crippen LogP contribution in [0.5, 0.6) is 0 Å². The molecule has 0 aromatic heterocycles. The molecule has 90 valence electrons. The number of hydrogen-bond acceptors (Lipinski definition) is 1. The molecule has 0 saturated carbocycles. The summed E-state index contributed by atoms with van der Waals surface area (Å²) in [5.74, 6) is 0. The Labute approximate surface area is 113 Å². The maximum atomic E-state index is 2.36. The third kappa shape index (κ3) is 2.11. The van der Waals surface area contributed by atoms with Gasteiger partial charge in [-0.05, 0) is 35.3 Å². The summed E-state index contributed by atoms with van der Waals surface area (Å²) in [6.07, 6.45) is 3.52. The largest absolute Gasteiger partial charge is 0.117 e. The first-order chi connectivity index (χ1) is 8.88. The minimum absolute atomic E-state index is 0.572. The van der Waals surface area contributed by atoms with Crippen molar-refractivity contribution in [2.24, 2.45) is 0 Å². The van der Waals surface area contributed by atoms with E-state index in [2.05, 4.69) is 67.6 Å². The highest BCUT2D eigenvalue weighted by atomic mass is 32.2. The van der Waals surface area contributed by atoms with Crippen molar-refractivity contribution in [3.63, 3.8) is 0 Å². The molecule has 1 aliphatic heterocycles. The lowest BCUT2D eigenvalue weighted by molar-refractivity contribution is 0.987. The van der Waals surface area contributed by atoms with Crippen molar-refractivity contribution in [1.29, 1.82) is 0 Å². The van der Waals surface area contributed by atoms with E-state index in [4.69, 9.17) is 0 Å². The molecule has 0 radical (unpaired) electrons. The third-order valence-corrected chi connectivity index (χ3v) is 4.82. The summed E-state index contributed by atoms with van der Waals surface area (Å²) in [6.45, 7) is 2.27. The third-order valence-electron chi connectivity index (χ3n) is 3.32. The lowest BCUT2D eigenvalue weighted by Crippen LogP contribution is -2.08. The van der Waals surface area contributed by atoms with Gasteiger partial charge in [-0.15, -0.1) is 11.8 Å². The van der Waals surface area contributed by atoms with E-state index < -0.39 is 0 Å². The van der Waals surface area contributed by atoms with Crippen molar-refractivity contribution in [2.75, 3.05) is 0 Å². The van der Waals surface area contributed by atoms with Gasteiger partial charge in [0.15, 0.2) is 0 Å². The van der Waals surface area contributed by atoms with Crippen LogP contribution in [0.1, 0.15) is 24.5 Å². The Hall–Kier alpha value is -1.47. The first-order valence-corrected chi connectivity index (χ1v) is 7.29. The molecule has 0 fully saturated rings. The summed E-state index contributed by atoms with van der Waals surface area (Å²) in [5, 5.41) is 0.572. The fourth-order valence-electron chi connectivity index (χ4n) is 2.39. The molecule has 1 heterocycles. The summed E-state index contributed by atoms with van der Waals surface area (Å²) < 4.78 is 0. The lowest BCUT2D eigenvalue weighted by Gasteiger charge is -2.25. The molecule has 0 aliphatic carbocycles. The molecule has 2 aromatic carbocycles. The van der Waals surface area contributed by atoms with E-state index in [-0.39, 0.29) is 0 Å². The quantitative estimate of drug-likeness (QED) is 0.715. The van der Waals surface area contributed by atoms with Crippen LogP contribution >= 0.6 is 11.8 Å². The highest BCUT2D eigenvalue weighted by molar-refractivity contribution is 8.00. The summed E-state index contributed by atoms with van der Waals surface area (Å²) >= 11 is 1.99. The van der Waals surface area contributed by atoms with Crippen molar-refractivity contribution < 1.29 is 0 Å². The van der Waals surface area contributed by atoms with Gasteiger partial charge in [0.05, 0.1) is 0 Å². The van der Waals surface area contributed by atoms with E-state index in [1.807, 2.05) is 11.8 Å². The van der Waals surface area contributed by atoms with Crippen molar-refractivity contribution >= 4 is 23.4 Å². The van der Waals surface area contributed by atoms with Gasteiger partial charge >= 0.3 is 0 Å². The second-order valence-corrected chi connectivity index (χ2v) is 5.76. The maximum absolute atomic E-state index is 2.36. The molecule has 0 bridgehead atoms. The molecule has 0 amide bonds. The van der Waals surface area contributed by atoms with Crippen LogP contribution in [-0.4, -0.2) is 5.25 Å². The summed E-state index contributed by atoms with van der Waals surface area (Å²) in [4.78, 5) is 1.41. The molecule has 3 rings (SSSR count). The van der Waals surface area contributed by atoms with Crippen LogP contribution in [0.2, 0.25) is 0 Å². The number of benzene rings is 2. The Morgan fingerprint density at radius 2 is 1.67 bits per heavy atom. The Morgan fingerprint density at radius 1 is 0.944 bits per heavy atom. The summed E-state index contributed by atoms with van der Waals surface area (Å²) in [6, 6.07) is 19.4. The predicted octanol–water partition coefficient (Wildman–Crippen LogP) is 5.11. The predicted molar refractivity (Wildman–Crippen MR) is 80.7 cm³/mol. The van der Waals surface area contributed by atoms with Crippen LogP contribution in [0.15, 0.2) is 59.5 Å². The molecule has 0 N–H and O–H groups in total. The molecule has 0 spiro atoms. The zero-order chi connectivity index (χ0) is 12.4. The van der Waals surface area contributed by atoms with E-state index in [0.717, 1.165) is 0 Å². The Balaban J connectivity index is 2.09. The first kappa shape index (κ1) is 11.6. The normalized spacial score (nSPS) is 18.1. The topological polar surface area (TPSA) is 0 Å². The van der Waals surface area contributed by atoms with Crippen LogP contribution in [0.25, 0.3) is 11.6 Å². The lowest BCUT2D eigenvalue weighted by atomic mass is 9.98. The zero-order valence-electron chi connectivity index (χ0n) is 10.5. The molecule has 18 heavy (non-hydrogen) atoms. The highest BCUT2D eigenvalue weighted by Gasteiger charge is 2.21. The summed E-state index contributed by atoms with van der Waals surface area (Å²) in [7, 11) is 0. The number of rotatable bonds is 2. The van der Waals surface area contributed by atoms with E-state index in [1.165, 1.54) is 28.0 Å². The Kier molecular flexibility index (Phi) is 3.24. The first-order valence-electron chi connectivity index (χ1n) is 6.41. The van der Waals surface area contributed by atoms with Gasteiger partial charge in [-0.2, -0.15) is 0 Å². The van der Waals surface area contributed by atoms with Crippen LogP contribution in [-0.2, 0) is 0 Å². The molecule has 1 heteroatoms. The SMILES string of the molecule is CCC1Sc2ccccc2C=C1c1ccccc1. The van der Waals surface area contributed by atoms with Gasteiger partial charge in [0.1, 0.15) is 0 Å². The summed E-state index contributed by atoms with van der Waals surface area (Å²) in [5.41, 5.74) is 4.17. The van der Waals surface area contributed by atoms with E-state index >= 15 is 0 Å². The van der Waals surface area contributed by atoms with Gasteiger partial charge in [0.25, 0.3) is 0 Å². The second kappa shape index (κ2) is 5.03. The minimum Gasteiger partial charge on any atom is -0.117 e. The van der Waals surface area contributed by atoms with E-state index in [0.29, 0.717) is 5.25 Å². The highest BCUT2D eigenvalue weighted by Crippen LogP contribution is 2.42. The fraction of sp³-hybridized carbons (Fsp3) is 0.176. The Bertz CT molecular complexity index is 569. The minimum atomic E-state index is 0.572. The van der Waals surface area contributed by atoms with Gasteiger partial charge in [-0.3, -0.25) is 0 Å². The van der Waals surface area contributed by atoms with Crippen LogP contribution in [0.4, 0.5) is 0 Å². The van der Waals surface area contributed by atoms with Gasteiger partial charge in [0, 0.05) is 10.1 Å². The number of hydrogen-bond donors (Lipinski definition) is 0. The Morgan fingerprint density at radius 3 is 2.44 bits per heavy atom. The van der Waals surface area contributed by atoms with Crippen molar-refractivity contribution in [3.8, 4) is 0 Å². The fourth-order valence-corrected chi connectivity index (χ4v) is 3.61. The monoisotopic (exact) mass is 252 g/mol. The molecular formula is C17H16S. The zero-order valence-corrected chi connectivity index (χ0v) is 11.3. The average molecular weight is 252 g/mol. The molecule has 1 atom stereocenters. The molecule has 0 nitrogen and oxygen atoms in total. The smallest absolute Gasteiger partial charge is 0.0348 e. The molecule has 1 aliphatic rings. The standard InChI is InChI=1S/C17H16S/c1-2-16-15(13-8-4-3-5-9-13)12-14-10-6-7-11-17(14)18-16/h3-12,16H,2H2,1H3. The van der Waals surface area contributed by atoms with Crippen LogP contribution in [0, 0.1) is 0 Å². The molecule has 0 saturated heterocycles. The molecule has 2 aromatic rings. The van der Waals surface area contributed by atoms with Crippen LogP contribution < -0.4 is 0 Å². The van der Waals surface area contributed by atoms with Gasteiger partial charge in [-0.25, -0.2) is 0 Å². The average Bonchev–Trinajstić information content (AvgIpc) is 2.46. The van der Waals surface area contributed by atoms with Crippen molar-refractivity contribution in [2.45, 2.75) is 23.5 Å². The number of thioether (sulfide) groups is 1. The van der Waals surface area contributed by atoms with Crippen LogP contribution in [0.3, 0.4) is 0 Å². The van der Waals surface area contributed by atoms with E-state index in [9.17, 15) is 0 Å². The van der Waals surface area contributed by atoms with Crippen molar-refractivity contribution in [1.82, 2.24) is 0 Å². The molecular weight excluding hydrogens is 236 g/mol. The van der Waals surface area contributed by atoms with Crippen molar-refractivity contribution in [3.05, 3.63) is 65.7 Å². The van der Waals surface area contributed by atoms with Gasteiger partial charge in [-0.1, -0.05) is 55.5 Å². The molecule has 1 unspecified atom stereocenters. The number of fused-ring (bicyclic) bond motifs is 1. The maximum Gasteiger partial charge on any atom is 0.0348 e.